The number of aryl methyl sites for hydroxylation is 1. The molecule has 116 valence electrons. The lowest BCUT2D eigenvalue weighted by atomic mass is 10.1. The molecule has 23 heavy (non-hydrogen) atoms. The van der Waals surface area contributed by atoms with E-state index < -0.39 is 11.5 Å². The van der Waals surface area contributed by atoms with E-state index in [0.29, 0.717) is 11.3 Å². The predicted molar refractivity (Wildman–Crippen MR) is 93.4 cm³/mol. The number of benzene rings is 2. The van der Waals surface area contributed by atoms with Crippen LogP contribution in [0.25, 0.3) is 11.0 Å². The summed E-state index contributed by atoms with van der Waals surface area (Å²) in [7, 11) is 0. The Morgan fingerprint density at radius 3 is 2.70 bits per heavy atom. The highest BCUT2D eigenvalue weighted by Crippen LogP contribution is 2.20. The topological polar surface area (TPSA) is 59.3 Å². The second-order valence-electron chi connectivity index (χ2n) is 5.13. The van der Waals surface area contributed by atoms with E-state index in [9.17, 15) is 9.59 Å². The number of nitrogens with one attached hydrogen (secondary N) is 1. The second-order valence-corrected chi connectivity index (χ2v) is 6.01. The number of para-hydroxylation sites is 1. The maximum absolute atomic E-state index is 12.4. The van der Waals surface area contributed by atoms with Crippen LogP contribution in [0.1, 0.15) is 15.9 Å². The molecule has 0 unspecified atom stereocenters. The lowest BCUT2D eigenvalue weighted by molar-refractivity contribution is 0.102. The molecule has 0 radical (unpaired) electrons. The van der Waals surface area contributed by atoms with Crippen molar-refractivity contribution in [3.63, 3.8) is 0 Å². The van der Waals surface area contributed by atoms with Crippen molar-refractivity contribution >= 4 is 34.3 Å². The zero-order valence-corrected chi connectivity index (χ0v) is 13.6. The third-order valence-corrected chi connectivity index (χ3v) is 4.25. The molecule has 4 nitrogen and oxygen atoms in total. The SMILES string of the molecule is CSc1cccc(NC(=O)c2cc3cccc(C)c3oc2=O)c1. The number of fused-ring (bicyclic) bond motifs is 1. The Hall–Kier alpha value is -2.53. The second kappa shape index (κ2) is 6.30. The van der Waals surface area contributed by atoms with Gasteiger partial charge >= 0.3 is 5.63 Å². The first kappa shape index (κ1) is 15.4. The van der Waals surface area contributed by atoms with E-state index in [-0.39, 0.29) is 5.56 Å². The smallest absolute Gasteiger partial charge is 0.349 e. The summed E-state index contributed by atoms with van der Waals surface area (Å²) in [6.45, 7) is 1.86. The number of amides is 1. The Labute approximate surface area is 137 Å². The molecule has 0 saturated carbocycles. The van der Waals surface area contributed by atoms with Crippen LogP contribution in [0.15, 0.2) is 62.6 Å². The highest BCUT2D eigenvalue weighted by molar-refractivity contribution is 7.98. The number of thioether (sulfide) groups is 1. The Bertz CT molecular complexity index is 946. The Morgan fingerprint density at radius 2 is 1.91 bits per heavy atom. The monoisotopic (exact) mass is 325 g/mol. The third kappa shape index (κ3) is 3.14. The van der Waals surface area contributed by atoms with E-state index in [4.69, 9.17) is 4.42 Å². The molecule has 0 saturated heterocycles. The van der Waals surface area contributed by atoms with E-state index in [2.05, 4.69) is 5.32 Å². The van der Waals surface area contributed by atoms with E-state index in [1.54, 1.807) is 23.9 Å². The summed E-state index contributed by atoms with van der Waals surface area (Å²) in [5.74, 6) is -0.472. The lowest BCUT2D eigenvalue weighted by Gasteiger charge is -2.07. The summed E-state index contributed by atoms with van der Waals surface area (Å²) < 4.78 is 5.31. The summed E-state index contributed by atoms with van der Waals surface area (Å²) in [5.41, 5.74) is 1.38. The highest BCUT2D eigenvalue weighted by Gasteiger charge is 2.14. The van der Waals surface area contributed by atoms with Gasteiger partial charge in [0.15, 0.2) is 0 Å². The molecular weight excluding hydrogens is 310 g/mol. The van der Waals surface area contributed by atoms with Crippen molar-refractivity contribution in [3.05, 3.63) is 70.1 Å². The number of rotatable bonds is 3. The van der Waals surface area contributed by atoms with Gasteiger partial charge in [-0.2, -0.15) is 0 Å². The molecule has 0 atom stereocenters. The van der Waals surface area contributed by atoms with Crippen LogP contribution < -0.4 is 10.9 Å². The van der Waals surface area contributed by atoms with Crippen molar-refractivity contribution in [1.82, 2.24) is 0 Å². The highest BCUT2D eigenvalue weighted by atomic mass is 32.2. The molecule has 3 rings (SSSR count). The van der Waals surface area contributed by atoms with E-state index in [1.165, 1.54) is 0 Å². The van der Waals surface area contributed by atoms with Crippen LogP contribution in [0.2, 0.25) is 0 Å². The van der Waals surface area contributed by atoms with Crippen molar-refractivity contribution in [2.45, 2.75) is 11.8 Å². The maximum atomic E-state index is 12.4. The summed E-state index contributed by atoms with van der Waals surface area (Å²) in [6, 6.07) is 14.6. The normalized spacial score (nSPS) is 10.7. The van der Waals surface area contributed by atoms with Crippen LogP contribution in [0.4, 0.5) is 5.69 Å². The fourth-order valence-corrected chi connectivity index (χ4v) is 2.81. The molecule has 3 aromatic rings. The van der Waals surface area contributed by atoms with Gasteiger partial charge in [0.2, 0.25) is 0 Å². The van der Waals surface area contributed by atoms with Gasteiger partial charge in [-0.15, -0.1) is 11.8 Å². The average Bonchev–Trinajstić information content (AvgIpc) is 2.55. The molecular formula is C18H15NO3S. The first-order valence-corrected chi connectivity index (χ1v) is 8.30. The van der Waals surface area contributed by atoms with Crippen LogP contribution in [0.3, 0.4) is 0 Å². The van der Waals surface area contributed by atoms with E-state index >= 15 is 0 Å². The molecule has 2 aromatic carbocycles. The van der Waals surface area contributed by atoms with Crippen LogP contribution >= 0.6 is 11.8 Å². The Kier molecular flexibility index (Phi) is 4.21. The average molecular weight is 325 g/mol. The molecule has 0 spiro atoms. The standard InChI is InChI=1S/C18H15NO3S/c1-11-5-3-6-12-9-15(18(21)22-16(11)12)17(20)19-13-7-4-8-14(10-13)23-2/h3-10H,1-2H3,(H,19,20). The largest absolute Gasteiger partial charge is 0.422 e. The minimum absolute atomic E-state index is 0.00217. The summed E-state index contributed by atoms with van der Waals surface area (Å²) in [4.78, 5) is 25.5. The first-order valence-electron chi connectivity index (χ1n) is 7.07. The number of carbonyl (C=O) groups excluding carboxylic acids is 1. The van der Waals surface area contributed by atoms with Crippen LogP contribution in [-0.2, 0) is 0 Å². The zero-order valence-electron chi connectivity index (χ0n) is 12.8. The minimum atomic E-state index is -0.634. The minimum Gasteiger partial charge on any atom is -0.422 e. The molecule has 1 heterocycles. The predicted octanol–water partition coefficient (Wildman–Crippen LogP) is 4.08. The Morgan fingerprint density at radius 1 is 1.13 bits per heavy atom. The van der Waals surface area contributed by atoms with Crippen LogP contribution in [-0.4, -0.2) is 12.2 Å². The molecule has 5 heteroatoms. The number of hydrogen-bond donors (Lipinski definition) is 1. The fourth-order valence-electron chi connectivity index (χ4n) is 2.35. The van der Waals surface area contributed by atoms with Crippen molar-refractivity contribution in [1.29, 1.82) is 0 Å². The molecule has 1 aromatic heterocycles. The molecule has 0 aliphatic carbocycles. The molecule has 1 N–H and O–H groups in total. The van der Waals surface area contributed by atoms with Crippen molar-refractivity contribution in [3.8, 4) is 0 Å². The number of hydrogen-bond acceptors (Lipinski definition) is 4. The number of anilines is 1. The quantitative estimate of drug-likeness (QED) is 0.582. The Balaban J connectivity index is 1.97. The summed E-state index contributed by atoms with van der Waals surface area (Å²) in [6.07, 6.45) is 1.96. The van der Waals surface area contributed by atoms with Crippen molar-refractivity contribution in [2.24, 2.45) is 0 Å². The fraction of sp³-hybridized carbons (Fsp3) is 0.111. The van der Waals surface area contributed by atoms with Gasteiger partial charge in [0, 0.05) is 16.0 Å². The van der Waals surface area contributed by atoms with Gasteiger partial charge in [0.1, 0.15) is 11.1 Å². The van der Waals surface area contributed by atoms with Gasteiger partial charge in [0.05, 0.1) is 0 Å². The van der Waals surface area contributed by atoms with Crippen molar-refractivity contribution in [2.75, 3.05) is 11.6 Å². The van der Waals surface area contributed by atoms with E-state index in [1.807, 2.05) is 49.6 Å². The lowest BCUT2D eigenvalue weighted by Crippen LogP contribution is -2.20. The van der Waals surface area contributed by atoms with E-state index in [0.717, 1.165) is 15.8 Å². The van der Waals surface area contributed by atoms with Crippen LogP contribution in [0.5, 0.6) is 0 Å². The van der Waals surface area contributed by atoms with Gasteiger partial charge in [-0.3, -0.25) is 4.79 Å². The van der Waals surface area contributed by atoms with Gasteiger partial charge in [-0.25, -0.2) is 4.79 Å². The molecule has 0 aliphatic rings. The van der Waals surface area contributed by atoms with Gasteiger partial charge in [0.25, 0.3) is 5.91 Å². The first-order chi connectivity index (χ1) is 11.1. The van der Waals surface area contributed by atoms with Crippen molar-refractivity contribution < 1.29 is 9.21 Å². The van der Waals surface area contributed by atoms with Gasteiger partial charge in [-0.1, -0.05) is 24.3 Å². The summed E-state index contributed by atoms with van der Waals surface area (Å²) >= 11 is 1.58. The molecule has 0 bridgehead atoms. The molecule has 1 amide bonds. The zero-order chi connectivity index (χ0) is 16.4. The van der Waals surface area contributed by atoms with Gasteiger partial charge < -0.3 is 9.73 Å². The summed E-state index contributed by atoms with van der Waals surface area (Å²) in [5, 5.41) is 3.47. The third-order valence-electron chi connectivity index (χ3n) is 3.53. The molecule has 0 fully saturated rings. The van der Waals surface area contributed by atoms with Crippen LogP contribution in [0, 0.1) is 6.92 Å². The van der Waals surface area contributed by atoms with Gasteiger partial charge in [-0.05, 0) is 43.0 Å². The molecule has 0 aliphatic heterocycles. The maximum Gasteiger partial charge on any atom is 0.349 e. The number of carbonyl (C=O) groups is 1.